The molecule has 1 aromatic heterocycles. The van der Waals surface area contributed by atoms with Crippen LogP contribution in [0.15, 0.2) is 42.5 Å². The Morgan fingerprint density at radius 2 is 1.93 bits per heavy atom. The van der Waals surface area contributed by atoms with E-state index in [1.807, 2.05) is 23.6 Å². The predicted octanol–water partition coefficient (Wildman–Crippen LogP) is 4.89. The van der Waals surface area contributed by atoms with Gasteiger partial charge >= 0.3 is 5.97 Å². The molecule has 0 radical (unpaired) electrons. The Morgan fingerprint density at radius 1 is 1.19 bits per heavy atom. The van der Waals surface area contributed by atoms with Crippen molar-refractivity contribution in [3.05, 3.63) is 70.4 Å². The molecule has 27 heavy (non-hydrogen) atoms. The summed E-state index contributed by atoms with van der Waals surface area (Å²) in [5, 5.41) is 14.5. The molecule has 1 atom stereocenters. The highest BCUT2D eigenvalue weighted by Gasteiger charge is 2.23. The second-order valence-electron chi connectivity index (χ2n) is 7.36. The lowest BCUT2D eigenvalue weighted by molar-refractivity contribution is 0.0684. The summed E-state index contributed by atoms with van der Waals surface area (Å²) < 4.78 is 1.96. The first-order valence-electron chi connectivity index (χ1n) is 9.55. The van der Waals surface area contributed by atoms with Crippen LogP contribution in [0.5, 0.6) is 0 Å². The molecule has 0 aliphatic heterocycles. The van der Waals surface area contributed by atoms with Crippen LogP contribution in [0.3, 0.4) is 0 Å². The van der Waals surface area contributed by atoms with Crippen LogP contribution in [0.25, 0.3) is 10.9 Å². The molecular weight excluding hydrogens is 336 g/mol. The summed E-state index contributed by atoms with van der Waals surface area (Å²) >= 11 is 0. The molecule has 142 valence electrons. The number of carboxylic acid groups (broad SMARTS) is 1. The average Bonchev–Trinajstić information content (AvgIpc) is 2.94. The Balaban J connectivity index is 2.18. The fourth-order valence-electron chi connectivity index (χ4n) is 3.50. The normalized spacial score (nSPS) is 12.4. The van der Waals surface area contributed by atoms with Gasteiger partial charge in [-0.05, 0) is 49.9 Å². The van der Waals surface area contributed by atoms with E-state index in [0.717, 1.165) is 34.0 Å². The molecule has 1 heterocycles. The summed E-state index contributed by atoms with van der Waals surface area (Å²) in [7, 11) is 0. The number of aryl methyl sites for hydroxylation is 2. The van der Waals surface area contributed by atoms with Crippen molar-refractivity contribution in [2.24, 2.45) is 0 Å². The summed E-state index contributed by atoms with van der Waals surface area (Å²) in [4.78, 5) is 12.2. The van der Waals surface area contributed by atoms with Gasteiger partial charge in [0.1, 0.15) is 5.69 Å². The summed E-state index contributed by atoms with van der Waals surface area (Å²) in [6.07, 6.45) is 1.00. The number of hydrogen-bond donors (Lipinski definition) is 2. The Kier molecular flexibility index (Phi) is 5.66. The number of rotatable bonds is 7. The number of carbonyl (C=O) groups is 1. The standard InChI is InChI=1S/C23H28N2O2/c1-5-17(4)24-13-20-19-11-10-15(2)12-21(19)25(22(20)23(26)27)14-18-9-7-6-8-16(18)3/h6-12,17,24H,5,13-14H2,1-4H3,(H,26,27). The zero-order valence-electron chi connectivity index (χ0n) is 16.5. The molecule has 0 aliphatic carbocycles. The van der Waals surface area contributed by atoms with Crippen molar-refractivity contribution < 1.29 is 9.90 Å². The fraction of sp³-hybridized carbons (Fsp3) is 0.348. The highest BCUT2D eigenvalue weighted by molar-refractivity contribution is 5.98. The van der Waals surface area contributed by atoms with E-state index in [-0.39, 0.29) is 0 Å². The molecule has 0 fully saturated rings. The van der Waals surface area contributed by atoms with Gasteiger partial charge in [0.2, 0.25) is 0 Å². The molecule has 3 aromatic rings. The number of aromatic carboxylic acids is 1. The highest BCUT2D eigenvalue weighted by atomic mass is 16.4. The van der Waals surface area contributed by atoms with E-state index in [9.17, 15) is 9.90 Å². The van der Waals surface area contributed by atoms with Gasteiger partial charge in [0.15, 0.2) is 0 Å². The van der Waals surface area contributed by atoms with Crippen molar-refractivity contribution in [2.45, 2.75) is 53.2 Å². The van der Waals surface area contributed by atoms with Crippen molar-refractivity contribution in [1.29, 1.82) is 0 Å². The molecule has 0 saturated heterocycles. The monoisotopic (exact) mass is 364 g/mol. The van der Waals surface area contributed by atoms with E-state index in [1.165, 1.54) is 5.56 Å². The van der Waals surface area contributed by atoms with Crippen LogP contribution in [0, 0.1) is 13.8 Å². The third kappa shape index (κ3) is 3.91. The zero-order valence-corrected chi connectivity index (χ0v) is 16.5. The minimum atomic E-state index is -0.876. The molecule has 4 heteroatoms. The van der Waals surface area contributed by atoms with Gasteiger partial charge in [0.05, 0.1) is 0 Å². The molecule has 4 nitrogen and oxygen atoms in total. The van der Waals surface area contributed by atoms with E-state index in [2.05, 4.69) is 56.4 Å². The van der Waals surface area contributed by atoms with E-state index in [4.69, 9.17) is 0 Å². The van der Waals surface area contributed by atoms with E-state index in [1.54, 1.807) is 0 Å². The molecule has 2 aromatic carbocycles. The lowest BCUT2D eigenvalue weighted by atomic mass is 10.1. The van der Waals surface area contributed by atoms with Gasteiger partial charge < -0.3 is 15.0 Å². The number of fused-ring (bicyclic) bond motifs is 1. The largest absolute Gasteiger partial charge is 0.477 e. The number of benzene rings is 2. The average molecular weight is 364 g/mol. The van der Waals surface area contributed by atoms with Gasteiger partial charge in [-0.15, -0.1) is 0 Å². The Morgan fingerprint density at radius 3 is 2.59 bits per heavy atom. The fourth-order valence-corrected chi connectivity index (χ4v) is 3.50. The third-order valence-electron chi connectivity index (χ3n) is 5.36. The molecule has 1 unspecified atom stereocenters. The van der Waals surface area contributed by atoms with Crippen molar-refractivity contribution in [2.75, 3.05) is 0 Å². The zero-order chi connectivity index (χ0) is 19.6. The molecule has 0 spiro atoms. The van der Waals surface area contributed by atoms with Gasteiger partial charge in [-0.1, -0.05) is 43.3 Å². The summed E-state index contributed by atoms with van der Waals surface area (Å²) in [5.74, 6) is -0.876. The predicted molar refractivity (Wildman–Crippen MR) is 111 cm³/mol. The Bertz CT molecular complexity index is 972. The number of nitrogens with one attached hydrogen (secondary N) is 1. The lowest BCUT2D eigenvalue weighted by Gasteiger charge is -2.13. The molecular formula is C23H28N2O2. The maximum atomic E-state index is 12.2. The Hall–Kier alpha value is -2.59. The van der Waals surface area contributed by atoms with Crippen LogP contribution >= 0.6 is 0 Å². The second-order valence-corrected chi connectivity index (χ2v) is 7.36. The summed E-state index contributed by atoms with van der Waals surface area (Å²) in [5.41, 5.74) is 5.67. The first kappa shape index (κ1) is 19.2. The minimum absolute atomic E-state index is 0.340. The van der Waals surface area contributed by atoms with Gasteiger partial charge in [0.25, 0.3) is 0 Å². The molecule has 0 amide bonds. The molecule has 0 aliphatic rings. The number of hydrogen-bond acceptors (Lipinski definition) is 2. The second kappa shape index (κ2) is 7.97. The topological polar surface area (TPSA) is 54.3 Å². The van der Waals surface area contributed by atoms with E-state index in [0.29, 0.717) is 24.8 Å². The lowest BCUT2D eigenvalue weighted by Crippen LogP contribution is -2.25. The molecule has 0 bridgehead atoms. The maximum Gasteiger partial charge on any atom is 0.352 e. The molecule has 3 rings (SSSR count). The first-order valence-corrected chi connectivity index (χ1v) is 9.55. The number of nitrogens with zero attached hydrogens (tertiary/aromatic N) is 1. The van der Waals surface area contributed by atoms with Crippen LogP contribution in [-0.2, 0) is 13.1 Å². The smallest absolute Gasteiger partial charge is 0.352 e. The molecule has 2 N–H and O–H groups in total. The van der Waals surface area contributed by atoms with Crippen molar-refractivity contribution in [1.82, 2.24) is 9.88 Å². The summed E-state index contributed by atoms with van der Waals surface area (Å²) in [6, 6.07) is 14.7. The maximum absolute atomic E-state index is 12.2. The van der Waals surface area contributed by atoms with Crippen LogP contribution in [0.1, 0.15) is 53.0 Å². The SMILES string of the molecule is CCC(C)NCc1c(C(=O)O)n(Cc2ccccc2C)c2cc(C)ccc12. The first-order chi connectivity index (χ1) is 12.9. The van der Waals surface area contributed by atoms with Gasteiger partial charge in [-0.2, -0.15) is 0 Å². The van der Waals surface area contributed by atoms with Gasteiger partial charge in [-0.25, -0.2) is 4.79 Å². The van der Waals surface area contributed by atoms with Crippen LogP contribution in [0.2, 0.25) is 0 Å². The highest BCUT2D eigenvalue weighted by Crippen LogP contribution is 2.29. The third-order valence-corrected chi connectivity index (χ3v) is 5.36. The molecule has 0 saturated carbocycles. The minimum Gasteiger partial charge on any atom is -0.477 e. The van der Waals surface area contributed by atoms with Gasteiger partial charge in [-0.3, -0.25) is 0 Å². The summed E-state index contributed by atoms with van der Waals surface area (Å²) in [6.45, 7) is 9.46. The van der Waals surface area contributed by atoms with E-state index < -0.39 is 5.97 Å². The van der Waals surface area contributed by atoms with Crippen LogP contribution < -0.4 is 5.32 Å². The number of aromatic nitrogens is 1. The van der Waals surface area contributed by atoms with Crippen LogP contribution in [-0.4, -0.2) is 21.7 Å². The van der Waals surface area contributed by atoms with Crippen molar-refractivity contribution in [3.63, 3.8) is 0 Å². The van der Waals surface area contributed by atoms with Crippen molar-refractivity contribution in [3.8, 4) is 0 Å². The van der Waals surface area contributed by atoms with Crippen molar-refractivity contribution >= 4 is 16.9 Å². The quantitative estimate of drug-likeness (QED) is 0.627. The van der Waals surface area contributed by atoms with E-state index >= 15 is 0 Å². The van der Waals surface area contributed by atoms with Gasteiger partial charge in [0, 0.05) is 35.6 Å². The Labute approximate surface area is 160 Å². The van der Waals surface area contributed by atoms with Crippen LogP contribution in [0.4, 0.5) is 0 Å². The number of carboxylic acids is 1.